The predicted octanol–water partition coefficient (Wildman–Crippen LogP) is 0.492. The van der Waals surface area contributed by atoms with Gasteiger partial charge in [-0.05, 0) is 13.0 Å². The van der Waals surface area contributed by atoms with E-state index in [2.05, 4.69) is 20.4 Å². The third-order valence-electron chi connectivity index (χ3n) is 2.19. The molecule has 17 heavy (non-hydrogen) atoms. The molecule has 0 bridgehead atoms. The van der Waals surface area contributed by atoms with E-state index in [-0.39, 0.29) is 11.9 Å². The number of nitrogens with zero attached hydrogens (tertiary/aromatic N) is 4. The minimum Gasteiger partial charge on any atom is -0.346 e. The number of aromatic nitrogens is 4. The lowest BCUT2D eigenvalue weighted by Gasteiger charge is -2.13. The first-order chi connectivity index (χ1) is 8.25. The average molecular weight is 231 g/mol. The summed E-state index contributed by atoms with van der Waals surface area (Å²) >= 11 is 0. The van der Waals surface area contributed by atoms with Crippen molar-refractivity contribution in [1.82, 2.24) is 25.1 Å². The molecule has 2 aromatic heterocycles. The van der Waals surface area contributed by atoms with Gasteiger partial charge in [-0.1, -0.05) is 0 Å². The summed E-state index contributed by atoms with van der Waals surface area (Å²) in [5, 5.41) is 6.91. The van der Waals surface area contributed by atoms with Crippen LogP contribution in [0, 0.1) is 0 Å². The van der Waals surface area contributed by atoms with Gasteiger partial charge >= 0.3 is 0 Å². The van der Waals surface area contributed by atoms with Crippen molar-refractivity contribution in [3.63, 3.8) is 0 Å². The van der Waals surface area contributed by atoms with Crippen molar-refractivity contribution in [3.05, 3.63) is 42.7 Å². The van der Waals surface area contributed by atoms with Crippen LogP contribution in [0.4, 0.5) is 0 Å². The van der Waals surface area contributed by atoms with Crippen LogP contribution in [0.15, 0.2) is 37.1 Å². The fourth-order valence-corrected chi connectivity index (χ4v) is 1.45. The number of amides is 1. The Kier molecular flexibility index (Phi) is 3.44. The number of carbonyl (C=O) groups excluding carboxylic acids is 1. The van der Waals surface area contributed by atoms with Crippen LogP contribution in [0.3, 0.4) is 0 Å². The molecule has 1 N–H and O–H groups in total. The van der Waals surface area contributed by atoms with E-state index in [0.29, 0.717) is 12.2 Å². The molecule has 1 unspecified atom stereocenters. The number of carbonyl (C=O) groups is 1. The Hall–Kier alpha value is -2.24. The molecule has 0 aromatic carbocycles. The molecule has 0 saturated carbocycles. The summed E-state index contributed by atoms with van der Waals surface area (Å²) in [7, 11) is 0. The van der Waals surface area contributed by atoms with E-state index in [0.717, 1.165) is 0 Å². The van der Waals surface area contributed by atoms with Crippen LogP contribution in [-0.2, 0) is 6.54 Å². The summed E-state index contributed by atoms with van der Waals surface area (Å²) in [6.45, 7) is 2.54. The maximum atomic E-state index is 11.7. The first-order valence-corrected chi connectivity index (χ1v) is 5.30. The van der Waals surface area contributed by atoms with E-state index in [1.54, 1.807) is 10.9 Å². The van der Waals surface area contributed by atoms with E-state index in [1.807, 2.05) is 19.2 Å². The van der Waals surface area contributed by atoms with Gasteiger partial charge in [-0.3, -0.25) is 14.5 Å². The average Bonchev–Trinajstić information content (AvgIpc) is 2.82. The molecular weight excluding hydrogens is 218 g/mol. The molecule has 2 aromatic rings. The van der Waals surface area contributed by atoms with Crippen LogP contribution in [-0.4, -0.2) is 31.7 Å². The second-order valence-corrected chi connectivity index (χ2v) is 3.69. The van der Waals surface area contributed by atoms with Gasteiger partial charge in [0, 0.05) is 30.8 Å². The molecular formula is C11H13N5O. The number of hydrogen-bond acceptors (Lipinski definition) is 4. The third kappa shape index (κ3) is 3.10. The standard InChI is InChI=1S/C11H13N5O/c1-9(8-16-6-2-3-14-16)15-11(17)10-7-12-4-5-13-10/h2-7,9H,8H2,1H3,(H,15,17). The second kappa shape index (κ2) is 5.20. The molecule has 88 valence electrons. The highest BCUT2D eigenvalue weighted by molar-refractivity contribution is 5.92. The molecule has 0 aliphatic heterocycles. The lowest BCUT2D eigenvalue weighted by molar-refractivity contribution is 0.0930. The van der Waals surface area contributed by atoms with Gasteiger partial charge in [0.25, 0.3) is 5.91 Å². The molecule has 0 saturated heterocycles. The Morgan fingerprint density at radius 3 is 3.00 bits per heavy atom. The molecule has 6 nitrogen and oxygen atoms in total. The topological polar surface area (TPSA) is 72.7 Å². The quantitative estimate of drug-likeness (QED) is 0.831. The summed E-state index contributed by atoms with van der Waals surface area (Å²) < 4.78 is 1.77. The van der Waals surface area contributed by atoms with Crippen molar-refractivity contribution >= 4 is 5.91 Å². The zero-order valence-electron chi connectivity index (χ0n) is 9.45. The highest BCUT2D eigenvalue weighted by Crippen LogP contribution is 1.94. The number of hydrogen-bond donors (Lipinski definition) is 1. The summed E-state index contributed by atoms with van der Waals surface area (Å²) in [5.74, 6) is -0.224. The normalized spacial score (nSPS) is 12.1. The van der Waals surface area contributed by atoms with Gasteiger partial charge in [0.2, 0.25) is 0 Å². The SMILES string of the molecule is CC(Cn1cccn1)NC(=O)c1cnccn1. The summed E-state index contributed by atoms with van der Waals surface area (Å²) in [5.41, 5.74) is 0.319. The van der Waals surface area contributed by atoms with E-state index in [9.17, 15) is 4.79 Å². The molecule has 6 heteroatoms. The molecule has 0 aliphatic rings. The molecule has 0 radical (unpaired) electrons. The molecule has 1 amide bonds. The van der Waals surface area contributed by atoms with Crippen LogP contribution in [0.2, 0.25) is 0 Å². The Morgan fingerprint density at radius 2 is 2.35 bits per heavy atom. The molecule has 2 heterocycles. The summed E-state index contributed by atoms with van der Waals surface area (Å²) in [6.07, 6.45) is 8.02. The zero-order valence-corrected chi connectivity index (χ0v) is 9.45. The minimum absolute atomic E-state index is 0.0237. The second-order valence-electron chi connectivity index (χ2n) is 3.69. The molecule has 1 atom stereocenters. The molecule has 0 fully saturated rings. The van der Waals surface area contributed by atoms with Gasteiger partial charge < -0.3 is 5.32 Å². The maximum absolute atomic E-state index is 11.7. The van der Waals surface area contributed by atoms with Gasteiger partial charge in [-0.2, -0.15) is 5.10 Å². The van der Waals surface area contributed by atoms with Crippen LogP contribution >= 0.6 is 0 Å². The van der Waals surface area contributed by atoms with Gasteiger partial charge in [0.05, 0.1) is 12.7 Å². The maximum Gasteiger partial charge on any atom is 0.271 e. The van der Waals surface area contributed by atoms with Crippen molar-refractivity contribution in [2.45, 2.75) is 19.5 Å². The van der Waals surface area contributed by atoms with Crippen LogP contribution < -0.4 is 5.32 Å². The molecule has 0 aliphatic carbocycles. The predicted molar refractivity (Wildman–Crippen MR) is 61.2 cm³/mol. The fourth-order valence-electron chi connectivity index (χ4n) is 1.45. The Bertz CT molecular complexity index is 468. The van der Waals surface area contributed by atoms with E-state index >= 15 is 0 Å². The highest BCUT2D eigenvalue weighted by Gasteiger charge is 2.11. The van der Waals surface area contributed by atoms with Crippen LogP contribution in [0.1, 0.15) is 17.4 Å². The Balaban J connectivity index is 1.91. The van der Waals surface area contributed by atoms with Crippen molar-refractivity contribution in [3.8, 4) is 0 Å². The number of nitrogens with one attached hydrogen (secondary N) is 1. The van der Waals surface area contributed by atoms with Gasteiger partial charge in [-0.25, -0.2) is 4.98 Å². The Morgan fingerprint density at radius 1 is 1.47 bits per heavy atom. The fraction of sp³-hybridized carbons (Fsp3) is 0.273. The third-order valence-corrected chi connectivity index (χ3v) is 2.19. The number of rotatable bonds is 4. The summed E-state index contributed by atoms with van der Waals surface area (Å²) in [4.78, 5) is 19.5. The van der Waals surface area contributed by atoms with Crippen molar-refractivity contribution in [1.29, 1.82) is 0 Å². The molecule has 0 spiro atoms. The van der Waals surface area contributed by atoms with E-state index < -0.39 is 0 Å². The zero-order chi connectivity index (χ0) is 12.1. The van der Waals surface area contributed by atoms with E-state index in [1.165, 1.54) is 18.6 Å². The highest BCUT2D eigenvalue weighted by atomic mass is 16.1. The molecule has 2 rings (SSSR count). The van der Waals surface area contributed by atoms with Gasteiger partial charge in [-0.15, -0.1) is 0 Å². The minimum atomic E-state index is -0.224. The Labute approximate surface area is 98.7 Å². The lowest BCUT2D eigenvalue weighted by atomic mass is 10.3. The van der Waals surface area contributed by atoms with Crippen molar-refractivity contribution in [2.75, 3.05) is 0 Å². The van der Waals surface area contributed by atoms with Crippen molar-refractivity contribution in [2.24, 2.45) is 0 Å². The summed E-state index contributed by atoms with van der Waals surface area (Å²) in [6, 6.07) is 1.82. The largest absolute Gasteiger partial charge is 0.346 e. The smallest absolute Gasteiger partial charge is 0.271 e. The lowest BCUT2D eigenvalue weighted by Crippen LogP contribution is -2.36. The first-order valence-electron chi connectivity index (χ1n) is 5.30. The van der Waals surface area contributed by atoms with Crippen LogP contribution in [0.25, 0.3) is 0 Å². The van der Waals surface area contributed by atoms with E-state index in [4.69, 9.17) is 0 Å². The van der Waals surface area contributed by atoms with Crippen LogP contribution in [0.5, 0.6) is 0 Å². The van der Waals surface area contributed by atoms with Gasteiger partial charge in [0.15, 0.2) is 0 Å². The van der Waals surface area contributed by atoms with Gasteiger partial charge in [0.1, 0.15) is 5.69 Å². The first kappa shape index (κ1) is 11.3. The monoisotopic (exact) mass is 231 g/mol. The van der Waals surface area contributed by atoms with Crippen molar-refractivity contribution < 1.29 is 4.79 Å².